The van der Waals surface area contributed by atoms with E-state index in [1.54, 1.807) is 9.69 Å². The predicted molar refractivity (Wildman–Crippen MR) is 99.9 cm³/mol. The zero-order valence-electron chi connectivity index (χ0n) is 13.7. The fraction of sp³-hybridized carbons (Fsp3) is 0.167. The zero-order valence-corrected chi connectivity index (χ0v) is 15.3. The molecule has 0 saturated heterocycles. The monoisotopic (exact) mass is 386 g/mol. The van der Waals surface area contributed by atoms with E-state index in [0.29, 0.717) is 28.3 Å². The van der Waals surface area contributed by atoms with Crippen LogP contribution >= 0.6 is 23.4 Å². The molecule has 3 aromatic rings. The topological polar surface area (TPSA) is 60.2 Å². The largest absolute Gasteiger partial charge is 0.486 e. The molecule has 132 valence electrons. The van der Waals surface area contributed by atoms with Gasteiger partial charge >= 0.3 is 0 Å². The number of hydrogen-bond acceptors (Lipinski definition) is 5. The zero-order chi connectivity index (χ0) is 17.9. The first-order valence-corrected chi connectivity index (χ1v) is 9.38. The number of amides is 1. The lowest BCUT2D eigenvalue weighted by atomic mass is 10.2. The van der Waals surface area contributed by atoms with E-state index in [4.69, 9.17) is 16.3 Å². The molecular weight excluding hydrogens is 372 g/mol. The van der Waals surface area contributed by atoms with Crippen LogP contribution in [-0.4, -0.2) is 26.5 Å². The molecule has 0 aliphatic carbocycles. The highest BCUT2D eigenvalue weighted by Gasteiger charge is 2.29. The summed E-state index contributed by atoms with van der Waals surface area (Å²) in [6, 6.07) is 16.9. The van der Waals surface area contributed by atoms with Crippen LogP contribution in [0.1, 0.15) is 11.4 Å². The molecule has 0 fully saturated rings. The molecule has 0 saturated carbocycles. The highest BCUT2D eigenvalue weighted by molar-refractivity contribution is 7.99. The van der Waals surface area contributed by atoms with Crippen LogP contribution in [0.25, 0.3) is 0 Å². The van der Waals surface area contributed by atoms with Crippen LogP contribution in [0.15, 0.2) is 59.8 Å². The van der Waals surface area contributed by atoms with E-state index in [1.165, 1.54) is 11.8 Å². The molecule has 0 bridgehead atoms. The Balaban J connectivity index is 1.61. The van der Waals surface area contributed by atoms with Gasteiger partial charge in [-0.05, 0) is 23.8 Å². The number of carbonyl (C=O) groups excluding carboxylic acids is 1. The van der Waals surface area contributed by atoms with Crippen molar-refractivity contribution < 1.29 is 9.53 Å². The summed E-state index contributed by atoms with van der Waals surface area (Å²) in [7, 11) is 0. The number of benzene rings is 2. The van der Waals surface area contributed by atoms with Gasteiger partial charge in [0.2, 0.25) is 5.16 Å². The molecule has 0 radical (unpaired) electrons. The molecule has 0 unspecified atom stereocenters. The number of aromatic nitrogens is 3. The van der Waals surface area contributed by atoms with Gasteiger partial charge in [-0.3, -0.25) is 4.79 Å². The maximum atomic E-state index is 12.5. The van der Waals surface area contributed by atoms with Crippen molar-refractivity contribution in [1.29, 1.82) is 0 Å². The molecule has 6 nitrogen and oxygen atoms in total. The van der Waals surface area contributed by atoms with Crippen molar-refractivity contribution >= 4 is 29.3 Å². The van der Waals surface area contributed by atoms with Crippen LogP contribution in [0.2, 0.25) is 5.02 Å². The number of ether oxygens (including phenoxy) is 1. The smallest absolute Gasteiger partial charge is 0.252 e. The third kappa shape index (κ3) is 3.40. The van der Waals surface area contributed by atoms with Crippen LogP contribution in [-0.2, 0) is 17.9 Å². The van der Waals surface area contributed by atoms with Crippen molar-refractivity contribution in [3.8, 4) is 5.75 Å². The number of hydrogen-bond donors (Lipinski definition) is 0. The third-order valence-electron chi connectivity index (χ3n) is 3.92. The number of para-hydroxylation sites is 1. The van der Waals surface area contributed by atoms with E-state index in [9.17, 15) is 4.79 Å². The Morgan fingerprint density at radius 3 is 2.65 bits per heavy atom. The van der Waals surface area contributed by atoms with E-state index in [2.05, 4.69) is 10.2 Å². The maximum Gasteiger partial charge on any atom is 0.252 e. The molecule has 0 N–H and O–H groups in total. The second kappa shape index (κ2) is 7.39. The lowest BCUT2D eigenvalue weighted by Gasteiger charge is -2.29. The molecule has 1 aromatic heterocycles. The van der Waals surface area contributed by atoms with Crippen molar-refractivity contribution in [3.05, 3.63) is 71.0 Å². The lowest BCUT2D eigenvalue weighted by Crippen LogP contribution is -2.45. The molecular formula is C18H15ClN4O2S. The van der Waals surface area contributed by atoms with Crippen LogP contribution in [0, 0.1) is 0 Å². The van der Waals surface area contributed by atoms with Gasteiger partial charge in [0.05, 0.1) is 12.3 Å². The standard InChI is InChI=1S/C18H15ClN4O2S/c19-15-9-5-4-6-13(15)10-22-17(24)12-26-18-21-20-16(23(18)22)11-25-14-7-2-1-3-8-14/h1-9H,10-12H2. The second-order valence-corrected chi connectivity index (χ2v) is 6.99. The van der Waals surface area contributed by atoms with Gasteiger partial charge in [0.15, 0.2) is 5.82 Å². The molecule has 8 heteroatoms. The number of halogens is 1. The second-order valence-electron chi connectivity index (χ2n) is 5.64. The highest BCUT2D eigenvalue weighted by atomic mass is 35.5. The van der Waals surface area contributed by atoms with Crippen LogP contribution in [0.4, 0.5) is 0 Å². The summed E-state index contributed by atoms with van der Waals surface area (Å²) >= 11 is 7.63. The fourth-order valence-electron chi connectivity index (χ4n) is 2.64. The van der Waals surface area contributed by atoms with Gasteiger partial charge < -0.3 is 4.74 Å². The van der Waals surface area contributed by atoms with E-state index >= 15 is 0 Å². The lowest BCUT2D eigenvalue weighted by molar-refractivity contribution is -0.118. The van der Waals surface area contributed by atoms with E-state index < -0.39 is 0 Å². The normalized spacial score (nSPS) is 13.6. The fourth-order valence-corrected chi connectivity index (χ4v) is 3.66. The minimum atomic E-state index is -0.0248. The van der Waals surface area contributed by atoms with Crippen LogP contribution < -0.4 is 9.75 Å². The first-order chi connectivity index (χ1) is 12.7. The summed E-state index contributed by atoms with van der Waals surface area (Å²) in [6.45, 7) is 0.562. The summed E-state index contributed by atoms with van der Waals surface area (Å²) in [5.74, 6) is 1.60. The molecule has 0 atom stereocenters. The Kier molecular flexibility index (Phi) is 4.81. The average molecular weight is 387 g/mol. The van der Waals surface area contributed by atoms with E-state index in [0.717, 1.165) is 11.3 Å². The van der Waals surface area contributed by atoms with Gasteiger partial charge in [0.1, 0.15) is 12.4 Å². The predicted octanol–water partition coefficient (Wildman–Crippen LogP) is 3.28. The van der Waals surface area contributed by atoms with Gasteiger partial charge in [0.25, 0.3) is 5.91 Å². The molecule has 1 aliphatic heterocycles. The SMILES string of the molecule is O=C1CSc2nnc(COc3ccccc3)n2N1Cc1ccccc1Cl. The Hall–Kier alpha value is -2.51. The van der Waals surface area contributed by atoms with Crippen molar-refractivity contribution in [2.75, 3.05) is 10.8 Å². The van der Waals surface area contributed by atoms with Gasteiger partial charge in [-0.15, -0.1) is 10.2 Å². The maximum absolute atomic E-state index is 12.5. The first-order valence-electron chi connectivity index (χ1n) is 8.01. The van der Waals surface area contributed by atoms with Crippen molar-refractivity contribution in [2.24, 2.45) is 0 Å². The minimum absolute atomic E-state index is 0.0248. The van der Waals surface area contributed by atoms with E-state index in [-0.39, 0.29) is 12.5 Å². The van der Waals surface area contributed by atoms with Gasteiger partial charge in [0, 0.05) is 5.02 Å². The summed E-state index contributed by atoms with van der Waals surface area (Å²) in [6.07, 6.45) is 0. The van der Waals surface area contributed by atoms with Crippen molar-refractivity contribution in [1.82, 2.24) is 14.9 Å². The number of nitrogens with zero attached hydrogens (tertiary/aromatic N) is 4. The third-order valence-corrected chi connectivity index (χ3v) is 5.19. The Labute approximate surface area is 159 Å². The van der Waals surface area contributed by atoms with Crippen molar-refractivity contribution in [2.45, 2.75) is 18.3 Å². The average Bonchev–Trinajstić information content (AvgIpc) is 3.08. The number of carbonyl (C=O) groups is 1. The summed E-state index contributed by atoms with van der Waals surface area (Å²) in [5, 5.41) is 11.3. The van der Waals surface area contributed by atoms with Gasteiger partial charge in [-0.2, -0.15) is 0 Å². The first kappa shape index (κ1) is 16.9. The van der Waals surface area contributed by atoms with E-state index in [1.807, 2.05) is 54.6 Å². The Morgan fingerprint density at radius 2 is 1.85 bits per heavy atom. The Bertz CT molecular complexity index is 932. The molecule has 26 heavy (non-hydrogen) atoms. The quantitative estimate of drug-likeness (QED) is 0.673. The number of fused-ring (bicyclic) bond motifs is 1. The molecule has 2 heterocycles. The molecule has 1 amide bonds. The summed E-state index contributed by atoms with van der Waals surface area (Å²) < 4.78 is 7.50. The molecule has 2 aromatic carbocycles. The Morgan fingerprint density at radius 1 is 1.08 bits per heavy atom. The molecule has 0 spiro atoms. The van der Waals surface area contributed by atoms with Crippen LogP contribution in [0.5, 0.6) is 5.75 Å². The minimum Gasteiger partial charge on any atom is -0.486 e. The highest BCUT2D eigenvalue weighted by Crippen LogP contribution is 2.26. The number of rotatable bonds is 5. The van der Waals surface area contributed by atoms with Gasteiger partial charge in [-0.1, -0.05) is 59.8 Å². The van der Waals surface area contributed by atoms with Gasteiger partial charge in [-0.25, -0.2) is 9.69 Å². The summed E-state index contributed by atoms with van der Waals surface area (Å²) in [4.78, 5) is 12.5. The van der Waals surface area contributed by atoms with Crippen LogP contribution in [0.3, 0.4) is 0 Å². The molecule has 1 aliphatic rings. The van der Waals surface area contributed by atoms with Crippen molar-refractivity contribution in [3.63, 3.8) is 0 Å². The number of thioether (sulfide) groups is 1. The summed E-state index contributed by atoms with van der Waals surface area (Å²) in [5.41, 5.74) is 0.865. The molecule has 4 rings (SSSR count).